The Balaban J connectivity index is 0.00000408. The van der Waals surface area contributed by atoms with Crippen LogP contribution in [0, 0.1) is 0 Å². The predicted octanol–water partition coefficient (Wildman–Crippen LogP) is 5.21. The highest BCUT2D eigenvalue weighted by Gasteiger charge is 2.16. The van der Waals surface area contributed by atoms with Gasteiger partial charge in [0.25, 0.3) is 0 Å². The Morgan fingerprint density at radius 1 is 1.06 bits per heavy atom. The van der Waals surface area contributed by atoms with Crippen LogP contribution in [0.25, 0.3) is 11.3 Å². The number of aliphatic imine (C=N–C) groups is 1. The van der Waals surface area contributed by atoms with Gasteiger partial charge in [0.05, 0.1) is 6.54 Å². The third-order valence-corrected chi connectivity index (χ3v) is 4.58. The van der Waals surface area contributed by atoms with Crippen molar-refractivity contribution >= 4 is 41.7 Å². The van der Waals surface area contributed by atoms with E-state index in [2.05, 4.69) is 26.1 Å². The lowest BCUT2D eigenvalue weighted by Crippen LogP contribution is -2.37. The zero-order valence-corrected chi connectivity index (χ0v) is 22.3. The second-order valence-corrected chi connectivity index (χ2v) is 8.47. The van der Waals surface area contributed by atoms with Crippen molar-refractivity contribution in [3.63, 3.8) is 0 Å². The average Bonchev–Trinajstić information content (AvgIpc) is 3.25. The number of carbonyl (C=O) groups excluding carboxylic acids is 1. The van der Waals surface area contributed by atoms with Crippen LogP contribution >= 0.6 is 24.0 Å². The van der Waals surface area contributed by atoms with E-state index < -0.39 is 11.7 Å². The first kappa shape index (κ1) is 27.2. The van der Waals surface area contributed by atoms with Crippen LogP contribution in [0.1, 0.15) is 32.0 Å². The molecule has 0 unspecified atom stereocenters. The fraction of sp³-hybridized carbons (Fsp3) is 0.320. The summed E-state index contributed by atoms with van der Waals surface area (Å²) in [7, 11) is 1.73. The maximum absolute atomic E-state index is 11.9. The number of carbonyl (C=O) groups is 1. The molecule has 2 aromatic carbocycles. The zero-order chi connectivity index (χ0) is 23.7. The summed E-state index contributed by atoms with van der Waals surface area (Å²) in [4.78, 5) is 16.1. The fourth-order valence-corrected chi connectivity index (χ4v) is 3.03. The van der Waals surface area contributed by atoms with E-state index in [1.54, 1.807) is 7.05 Å². The number of nitrogens with one attached hydrogen (secondary N) is 3. The lowest BCUT2D eigenvalue weighted by Gasteiger charge is -2.19. The van der Waals surface area contributed by atoms with Gasteiger partial charge in [0.2, 0.25) is 0 Å². The molecule has 34 heavy (non-hydrogen) atoms. The van der Waals surface area contributed by atoms with Gasteiger partial charge in [-0.05, 0) is 44.9 Å². The van der Waals surface area contributed by atoms with Crippen LogP contribution < -0.4 is 16.0 Å². The maximum atomic E-state index is 11.9. The molecule has 0 aliphatic rings. The lowest BCUT2D eigenvalue weighted by molar-refractivity contribution is 0.0636. The van der Waals surface area contributed by atoms with Gasteiger partial charge < -0.3 is 19.9 Å². The van der Waals surface area contributed by atoms with E-state index in [1.807, 2.05) is 81.4 Å². The zero-order valence-electron chi connectivity index (χ0n) is 19.9. The molecule has 0 radical (unpaired) electrons. The summed E-state index contributed by atoms with van der Waals surface area (Å²) >= 11 is 0. The van der Waals surface area contributed by atoms with Gasteiger partial charge in [0.1, 0.15) is 11.3 Å². The summed E-state index contributed by atoms with van der Waals surface area (Å²) in [5.41, 5.74) is 3.09. The smallest absolute Gasteiger partial charge is 0.412 e. The average molecular weight is 577 g/mol. The quantitative estimate of drug-likeness (QED) is 0.203. The topological polar surface area (TPSA) is 101 Å². The van der Waals surface area contributed by atoms with Gasteiger partial charge in [-0.1, -0.05) is 47.6 Å². The standard InChI is InChI=1S/C25H31N5O3.HI/c1-25(2,3)32-24(31)29-20-12-10-18(11-13-20)14-15-27-23(26-4)28-17-21-16-22(33-30-21)19-8-6-5-7-9-19;/h5-13,16H,14-15,17H2,1-4H3,(H,29,31)(H2,26,27,28);1H. The van der Waals surface area contributed by atoms with Crippen LogP contribution in [0.4, 0.5) is 10.5 Å². The Morgan fingerprint density at radius 2 is 1.76 bits per heavy atom. The molecule has 1 amide bonds. The Bertz CT molecular complexity index is 1060. The third kappa shape index (κ3) is 9.05. The minimum Gasteiger partial charge on any atom is -0.444 e. The molecule has 0 aliphatic heterocycles. The van der Waals surface area contributed by atoms with Crippen LogP contribution in [-0.2, 0) is 17.7 Å². The molecule has 3 aromatic rings. The molecule has 0 bridgehead atoms. The van der Waals surface area contributed by atoms with Crippen molar-refractivity contribution in [2.24, 2.45) is 4.99 Å². The number of ether oxygens (including phenoxy) is 1. The molecule has 0 atom stereocenters. The van der Waals surface area contributed by atoms with Crippen molar-refractivity contribution in [3.8, 4) is 11.3 Å². The molecule has 3 N–H and O–H groups in total. The highest BCUT2D eigenvalue weighted by molar-refractivity contribution is 14.0. The van der Waals surface area contributed by atoms with Crippen molar-refractivity contribution in [1.29, 1.82) is 0 Å². The monoisotopic (exact) mass is 577 g/mol. The molecule has 0 saturated heterocycles. The normalized spacial score (nSPS) is 11.4. The number of hydrogen-bond donors (Lipinski definition) is 3. The molecule has 3 rings (SSSR count). The van der Waals surface area contributed by atoms with E-state index >= 15 is 0 Å². The largest absolute Gasteiger partial charge is 0.444 e. The maximum Gasteiger partial charge on any atom is 0.412 e. The Kier molecular flexibility index (Phi) is 10.4. The van der Waals surface area contributed by atoms with E-state index in [0.29, 0.717) is 24.7 Å². The first-order chi connectivity index (χ1) is 15.8. The molecule has 9 heteroatoms. The van der Waals surface area contributed by atoms with E-state index in [9.17, 15) is 4.79 Å². The highest BCUT2D eigenvalue weighted by atomic mass is 127. The van der Waals surface area contributed by atoms with Gasteiger partial charge in [-0.25, -0.2) is 4.79 Å². The minimum absolute atomic E-state index is 0. The van der Waals surface area contributed by atoms with Gasteiger partial charge in [0.15, 0.2) is 11.7 Å². The number of aromatic nitrogens is 1. The van der Waals surface area contributed by atoms with Gasteiger partial charge in [0, 0.05) is 30.9 Å². The van der Waals surface area contributed by atoms with Crippen molar-refractivity contribution in [2.75, 3.05) is 18.9 Å². The van der Waals surface area contributed by atoms with E-state index in [-0.39, 0.29) is 24.0 Å². The SMILES string of the molecule is CN=C(NCCc1ccc(NC(=O)OC(C)(C)C)cc1)NCc1cc(-c2ccccc2)on1.I. The molecule has 0 aliphatic carbocycles. The fourth-order valence-electron chi connectivity index (χ4n) is 3.03. The van der Waals surface area contributed by atoms with Gasteiger partial charge in [-0.2, -0.15) is 0 Å². The summed E-state index contributed by atoms with van der Waals surface area (Å²) in [6.45, 7) is 6.70. The van der Waals surface area contributed by atoms with Crippen molar-refractivity contribution in [1.82, 2.24) is 15.8 Å². The Hall–Kier alpha value is -3.08. The summed E-state index contributed by atoms with van der Waals surface area (Å²) in [6.07, 6.45) is 0.338. The second-order valence-electron chi connectivity index (χ2n) is 8.47. The Labute approximate surface area is 217 Å². The summed E-state index contributed by atoms with van der Waals surface area (Å²) in [6, 6.07) is 19.5. The molecular formula is C25H32IN5O3. The van der Waals surface area contributed by atoms with E-state index in [4.69, 9.17) is 9.26 Å². The number of benzene rings is 2. The van der Waals surface area contributed by atoms with Crippen molar-refractivity contribution in [3.05, 3.63) is 71.9 Å². The minimum atomic E-state index is -0.528. The van der Waals surface area contributed by atoms with Crippen LogP contribution in [0.15, 0.2) is 70.2 Å². The Morgan fingerprint density at radius 3 is 2.41 bits per heavy atom. The van der Waals surface area contributed by atoms with E-state index in [1.165, 1.54) is 0 Å². The van der Waals surface area contributed by atoms with Crippen LogP contribution in [0.2, 0.25) is 0 Å². The molecule has 8 nitrogen and oxygen atoms in total. The number of rotatable bonds is 7. The van der Waals surface area contributed by atoms with Crippen LogP contribution in [0.5, 0.6) is 0 Å². The first-order valence-corrected chi connectivity index (χ1v) is 10.9. The number of nitrogens with zero attached hydrogens (tertiary/aromatic N) is 2. The van der Waals surface area contributed by atoms with Crippen molar-refractivity contribution < 1.29 is 14.1 Å². The molecule has 182 valence electrons. The third-order valence-electron chi connectivity index (χ3n) is 4.58. The van der Waals surface area contributed by atoms with Gasteiger partial charge in [-0.3, -0.25) is 10.3 Å². The number of halogens is 1. The number of anilines is 1. The number of hydrogen-bond acceptors (Lipinski definition) is 5. The molecule has 0 fully saturated rings. The lowest BCUT2D eigenvalue weighted by atomic mass is 10.1. The number of guanidine groups is 1. The molecule has 0 saturated carbocycles. The molecule has 1 aromatic heterocycles. The summed E-state index contributed by atoms with van der Waals surface area (Å²) in [5.74, 6) is 1.42. The highest BCUT2D eigenvalue weighted by Crippen LogP contribution is 2.19. The number of amides is 1. The molecule has 1 heterocycles. The predicted molar refractivity (Wildman–Crippen MR) is 146 cm³/mol. The molecular weight excluding hydrogens is 545 g/mol. The van der Waals surface area contributed by atoms with Gasteiger partial charge in [-0.15, -0.1) is 24.0 Å². The summed E-state index contributed by atoms with van der Waals surface area (Å²) in [5, 5.41) is 13.4. The van der Waals surface area contributed by atoms with Gasteiger partial charge >= 0.3 is 6.09 Å². The van der Waals surface area contributed by atoms with Crippen LogP contribution in [-0.4, -0.2) is 36.4 Å². The second kappa shape index (κ2) is 13.0. The first-order valence-electron chi connectivity index (χ1n) is 10.9. The summed E-state index contributed by atoms with van der Waals surface area (Å²) < 4.78 is 10.7. The van der Waals surface area contributed by atoms with Crippen molar-refractivity contribution in [2.45, 2.75) is 39.3 Å². The van der Waals surface area contributed by atoms with Crippen LogP contribution in [0.3, 0.4) is 0 Å². The molecule has 0 spiro atoms. The van der Waals surface area contributed by atoms with E-state index in [0.717, 1.165) is 29.0 Å².